The van der Waals surface area contributed by atoms with Crippen LogP contribution in [0.5, 0.6) is 5.75 Å². The molecule has 0 aliphatic carbocycles. The van der Waals surface area contributed by atoms with Crippen LogP contribution in [-0.2, 0) is 13.2 Å². The second-order valence-corrected chi connectivity index (χ2v) is 6.08. The molecule has 2 N–H and O–H groups in total. The minimum atomic E-state index is 0.245. The summed E-state index contributed by atoms with van der Waals surface area (Å²) in [5, 5.41) is 18.3. The van der Waals surface area contributed by atoms with Crippen LogP contribution >= 0.6 is 34.8 Å². The maximum absolute atomic E-state index is 6.16. The van der Waals surface area contributed by atoms with Gasteiger partial charge in [-0.25, -0.2) is 0 Å². The van der Waals surface area contributed by atoms with Crippen LogP contribution in [-0.4, -0.2) is 20.6 Å². The Kier molecular flexibility index (Phi) is 5.40. The van der Waals surface area contributed by atoms with Crippen LogP contribution < -0.4 is 10.1 Å². The Bertz CT molecular complexity index is 806. The summed E-state index contributed by atoms with van der Waals surface area (Å²) >= 11 is 18.4. The van der Waals surface area contributed by atoms with Crippen molar-refractivity contribution in [2.75, 3.05) is 5.32 Å². The van der Waals surface area contributed by atoms with Crippen molar-refractivity contribution in [3.05, 3.63) is 62.6 Å². The largest absolute Gasteiger partial charge is 0.488 e. The van der Waals surface area contributed by atoms with Gasteiger partial charge in [-0.15, -0.1) is 5.10 Å². The van der Waals surface area contributed by atoms with Crippen molar-refractivity contribution in [1.29, 1.82) is 0 Å². The molecule has 0 fully saturated rings. The number of halogens is 3. The lowest BCUT2D eigenvalue weighted by molar-refractivity contribution is 0.303. The van der Waals surface area contributed by atoms with E-state index in [9.17, 15) is 0 Å². The van der Waals surface area contributed by atoms with Crippen molar-refractivity contribution in [3.8, 4) is 5.75 Å². The molecule has 0 unspecified atom stereocenters. The summed E-state index contributed by atoms with van der Waals surface area (Å²) in [5.41, 5.74) is 1.57. The first-order chi connectivity index (χ1) is 11.6. The number of anilines is 1. The van der Waals surface area contributed by atoms with Crippen LogP contribution in [0.1, 0.15) is 11.1 Å². The monoisotopic (exact) mass is 383 g/mol. The predicted octanol–water partition coefficient (Wildman–Crippen LogP) is 4.35. The molecular weight excluding hydrogens is 373 g/mol. The molecule has 3 aromatic rings. The average molecular weight is 385 g/mol. The molecule has 0 bridgehead atoms. The highest BCUT2D eigenvalue weighted by Gasteiger charge is 2.10. The van der Waals surface area contributed by atoms with Crippen molar-refractivity contribution >= 4 is 40.8 Å². The number of H-pyrrole nitrogens is 1. The molecule has 0 atom stereocenters. The first-order valence-corrected chi connectivity index (χ1v) is 8.08. The maximum atomic E-state index is 6.16. The average Bonchev–Trinajstić information content (AvgIpc) is 3.07. The number of aromatic nitrogens is 4. The van der Waals surface area contributed by atoms with Crippen LogP contribution in [0.3, 0.4) is 0 Å². The lowest BCUT2D eigenvalue weighted by Gasteiger charge is -2.13. The van der Waals surface area contributed by atoms with Gasteiger partial charge in [0.2, 0.25) is 0 Å². The minimum absolute atomic E-state index is 0.245. The molecule has 1 heterocycles. The van der Waals surface area contributed by atoms with Crippen LogP contribution in [0.15, 0.2) is 36.4 Å². The molecule has 0 amide bonds. The van der Waals surface area contributed by atoms with E-state index in [0.717, 1.165) is 11.1 Å². The molecule has 0 aliphatic heterocycles. The topological polar surface area (TPSA) is 75.7 Å². The summed E-state index contributed by atoms with van der Waals surface area (Å²) < 4.78 is 5.88. The molecule has 124 valence electrons. The quantitative estimate of drug-likeness (QED) is 0.661. The third kappa shape index (κ3) is 4.08. The minimum Gasteiger partial charge on any atom is -0.488 e. The van der Waals surface area contributed by atoms with Gasteiger partial charge in [-0.05, 0) is 35.5 Å². The van der Waals surface area contributed by atoms with Gasteiger partial charge in [-0.3, -0.25) is 0 Å². The molecular formula is C15H12Cl3N5O. The lowest BCUT2D eigenvalue weighted by Crippen LogP contribution is -2.05. The van der Waals surface area contributed by atoms with Gasteiger partial charge in [-0.1, -0.05) is 46.0 Å². The van der Waals surface area contributed by atoms with Gasteiger partial charge in [-0.2, -0.15) is 5.21 Å². The van der Waals surface area contributed by atoms with Gasteiger partial charge in [0.1, 0.15) is 12.4 Å². The van der Waals surface area contributed by atoms with Gasteiger partial charge in [0.05, 0.1) is 0 Å². The fourth-order valence-corrected chi connectivity index (χ4v) is 2.76. The molecule has 6 nitrogen and oxygen atoms in total. The Morgan fingerprint density at radius 1 is 1.08 bits per heavy atom. The van der Waals surface area contributed by atoms with E-state index >= 15 is 0 Å². The molecule has 1 aromatic heterocycles. The molecule has 0 spiro atoms. The highest BCUT2D eigenvalue weighted by molar-refractivity contribution is 6.36. The SMILES string of the molecule is Clc1ccc(OCc2c(Cl)cccc2Cl)c(CNc2nn[nH]n2)c1. The maximum Gasteiger partial charge on any atom is 0.263 e. The Hall–Kier alpha value is -2.02. The van der Waals surface area contributed by atoms with E-state index in [4.69, 9.17) is 39.5 Å². The third-order valence-corrected chi connectivity index (χ3v) is 4.18. The first-order valence-electron chi connectivity index (χ1n) is 6.95. The second-order valence-electron chi connectivity index (χ2n) is 4.83. The van der Waals surface area contributed by atoms with E-state index in [-0.39, 0.29) is 6.61 Å². The van der Waals surface area contributed by atoms with Gasteiger partial charge in [0.15, 0.2) is 0 Å². The zero-order valence-electron chi connectivity index (χ0n) is 12.3. The molecule has 0 aliphatic rings. The molecule has 24 heavy (non-hydrogen) atoms. The van der Waals surface area contributed by atoms with Crippen molar-refractivity contribution in [2.45, 2.75) is 13.2 Å². The van der Waals surface area contributed by atoms with E-state index in [1.165, 1.54) is 0 Å². The standard InChI is InChI=1S/C15H12Cl3N5O/c16-10-4-5-14(9(6-10)7-19-15-20-22-23-21-15)24-8-11-12(17)2-1-3-13(11)18/h1-6H,7-8H2,(H2,19,20,21,22,23). The summed E-state index contributed by atoms with van der Waals surface area (Å²) in [6, 6.07) is 10.7. The van der Waals surface area contributed by atoms with E-state index in [2.05, 4.69) is 25.9 Å². The number of nitrogens with one attached hydrogen (secondary N) is 2. The molecule has 0 radical (unpaired) electrons. The van der Waals surface area contributed by atoms with Crippen LogP contribution in [0.2, 0.25) is 15.1 Å². The first kappa shape index (κ1) is 16.8. The van der Waals surface area contributed by atoms with Gasteiger partial charge < -0.3 is 10.1 Å². The zero-order chi connectivity index (χ0) is 16.9. The number of aromatic amines is 1. The summed E-state index contributed by atoms with van der Waals surface area (Å²) in [6.07, 6.45) is 0. The second kappa shape index (κ2) is 7.70. The fourth-order valence-electron chi connectivity index (χ4n) is 2.06. The number of benzene rings is 2. The smallest absolute Gasteiger partial charge is 0.263 e. The fraction of sp³-hybridized carbons (Fsp3) is 0.133. The number of nitrogens with zero attached hydrogens (tertiary/aromatic N) is 3. The summed E-state index contributed by atoms with van der Waals surface area (Å²) in [5.74, 6) is 1.04. The number of hydrogen-bond donors (Lipinski definition) is 2. The summed E-state index contributed by atoms with van der Waals surface area (Å²) in [7, 11) is 0. The van der Waals surface area contributed by atoms with Gasteiger partial charge in [0.25, 0.3) is 5.95 Å². The molecule has 0 saturated heterocycles. The van der Waals surface area contributed by atoms with Gasteiger partial charge >= 0.3 is 0 Å². The van der Waals surface area contributed by atoms with E-state index in [1.54, 1.807) is 36.4 Å². The van der Waals surface area contributed by atoms with E-state index < -0.39 is 0 Å². The van der Waals surface area contributed by atoms with E-state index in [0.29, 0.717) is 33.3 Å². The molecule has 0 saturated carbocycles. The highest BCUT2D eigenvalue weighted by atomic mass is 35.5. The van der Waals surface area contributed by atoms with Crippen molar-refractivity contribution in [3.63, 3.8) is 0 Å². The van der Waals surface area contributed by atoms with E-state index in [1.807, 2.05) is 0 Å². The Morgan fingerprint density at radius 3 is 2.58 bits per heavy atom. The number of rotatable bonds is 6. The predicted molar refractivity (Wildman–Crippen MR) is 93.8 cm³/mol. The molecule has 2 aromatic carbocycles. The number of ether oxygens (including phenoxy) is 1. The van der Waals surface area contributed by atoms with Crippen LogP contribution in [0, 0.1) is 0 Å². The summed E-state index contributed by atoms with van der Waals surface area (Å²) in [4.78, 5) is 0. The Labute approximate surface area is 153 Å². The Balaban J connectivity index is 1.75. The molecule has 3 rings (SSSR count). The normalized spacial score (nSPS) is 10.6. The van der Waals surface area contributed by atoms with Crippen molar-refractivity contribution in [2.24, 2.45) is 0 Å². The van der Waals surface area contributed by atoms with Crippen LogP contribution in [0.4, 0.5) is 5.95 Å². The Morgan fingerprint density at radius 2 is 1.88 bits per heavy atom. The summed E-state index contributed by atoms with van der Waals surface area (Å²) in [6.45, 7) is 0.668. The number of hydrogen-bond acceptors (Lipinski definition) is 5. The third-order valence-electron chi connectivity index (χ3n) is 3.24. The zero-order valence-corrected chi connectivity index (χ0v) is 14.5. The van der Waals surface area contributed by atoms with Crippen molar-refractivity contribution < 1.29 is 4.74 Å². The van der Waals surface area contributed by atoms with Gasteiger partial charge in [0, 0.05) is 32.7 Å². The highest BCUT2D eigenvalue weighted by Crippen LogP contribution is 2.28. The van der Waals surface area contributed by atoms with Crippen molar-refractivity contribution in [1.82, 2.24) is 20.6 Å². The molecule has 9 heteroatoms. The van der Waals surface area contributed by atoms with Crippen LogP contribution in [0.25, 0.3) is 0 Å². The number of tetrazole rings is 1. The lowest BCUT2D eigenvalue weighted by atomic mass is 10.2.